The normalized spacial score (nSPS) is 12.3. The van der Waals surface area contributed by atoms with Crippen molar-refractivity contribution in [3.8, 4) is 0 Å². The number of nitrogens with one attached hydrogen (secondary N) is 1. The predicted molar refractivity (Wildman–Crippen MR) is 176 cm³/mol. The second kappa shape index (κ2) is 14.3. The minimum atomic E-state index is -4.28. The van der Waals surface area contributed by atoms with Crippen LogP contribution in [0, 0.1) is 12.7 Å². The van der Waals surface area contributed by atoms with Crippen LogP contribution in [0.3, 0.4) is 0 Å². The molecule has 1 unspecified atom stereocenters. The van der Waals surface area contributed by atoms with Crippen LogP contribution >= 0.6 is 11.6 Å². The van der Waals surface area contributed by atoms with E-state index >= 15 is 4.39 Å². The van der Waals surface area contributed by atoms with Crippen LogP contribution in [0.25, 0.3) is 0 Å². The summed E-state index contributed by atoms with van der Waals surface area (Å²) in [5.41, 5.74) is 1.25. The summed E-state index contributed by atoms with van der Waals surface area (Å²) in [5.74, 6) is -1.67. The number of anilines is 1. The quantitative estimate of drug-likeness (QED) is 0.200. The highest BCUT2D eigenvalue weighted by Crippen LogP contribution is 2.28. The summed E-state index contributed by atoms with van der Waals surface area (Å²) in [6, 6.07) is 26.6. The maximum atomic E-state index is 15.0. The average molecular weight is 650 g/mol. The van der Waals surface area contributed by atoms with Gasteiger partial charge in [0.1, 0.15) is 18.4 Å². The van der Waals surface area contributed by atoms with Crippen molar-refractivity contribution in [2.24, 2.45) is 0 Å². The van der Waals surface area contributed by atoms with Gasteiger partial charge in [0, 0.05) is 29.1 Å². The van der Waals surface area contributed by atoms with Crippen molar-refractivity contribution in [1.82, 2.24) is 10.2 Å². The van der Waals surface area contributed by atoms with E-state index in [1.54, 1.807) is 43.3 Å². The molecule has 0 aliphatic carbocycles. The SMILES string of the molecule is Cc1ccccc1N(CC(=O)N(Cc1ccccc1F)C(Cc1ccccc1)C(=O)NC(C)(C)C)S(=O)(=O)c1ccc(Cl)cc1. The molecule has 236 valence electrons. The molecule has 4 rings (SSSR count). The Morgan fingerprint density at radius 1 is 0.867 bits per heavy atom. The number of hydrogen-bond donors (Lipinski definition) is 1. The van der Waals surface area contributed by atoms with E-state index in [4.69, 9.17) is 11.6 Å². The lowest BCUT2D eigenvalue weighted by atomic mass is 10.0. The molecule has 0 bridgehead atoms. The topological polar surface area (TPSA) is 86.8 Å². The largest absolute Gasteiger partial charge is 0.350 e. The maximum Gasteiger partial charge on any atom is 0.264 e. The molecule has 0 heterocycles. The number of carbonyl (C=O) groups is 2. The first-order chi connectivity index (χ1) is 21.3. The van der Waals surface area contributed by atoms with Crippen LogP contribution in [0.15, 0.2) is 108 Å². The first kappa shape index (κ1) is 33.7. The van der Waals surface area contributed by atoms with Gasteiger partial charge in [-0.1, -0.05) is 78.3 Å². The number of aryl methyl sites for hydroxylation is 1. The predicted octanol–water partition coefficient (Wildman–Crippen LogP) is 6.54. The Labute approximate surface area is 269 Å². The van der Waals surface area contributed by atoms with Gasteiger partial charge in [-0.25, -0.2) is 12.8 Å². The minimum absolute atomic E-state index is 0.0603. The monoisotopic (exact) mass is 649 g/mol. The fraction of sp³-hybridized carbons (Fsp3) is 0.257. The molecule has 4 aromatic carbocycles. The van der Waals surface area contributed by atoms with Gasteiger partial charge in [0.05, 0.1) is 10.6 Å². The third-order valence-corrected chi connectivity index (χ3v) is 9.16. The van der Waals surface area contributed by atoms with Crippen molar-refractivity contribution >= 4 is 39.1 Å². The van der Waals surface area contributed by atoms with Crippen LogP contribution in [-0.4, -0.2) is 43.3 Å². The first-order valence-corrected chi connectivity index (χ1v) is 16.3. The number of para-hydroxylation sites is 1. The van der Waals surface area contributed by atoms with E-state index in [1.807, 2.05) is 51.1 Å². The van der Waals surface area contributed by atoms with Crippen molar-refractivity contribution in [3.63, 3.8) is 0 Å². The zero-order chi connectivity index (χ0) is 32.8. The fourth-order valence-corrected chi connectivity index (χ4v) is 6.51. The summed E-state index contributed by atoms with van der Waals surface area (Å²) < 4.78 is 44.3. The van der Waals surface area contributed by atoms with Crippen molar-refractivity contribution < 1.29 is 22.4 Å². The number of amides is 2. The van der Waals surface area contributed by atoms with E-state index in [1.165, 1.54) is 41.3 Å². The molecular weight excluding hydrogens is 613 g/mol. The Hall–Kier alpha value is -4.21. The lowest BCUT2D eigenvalue weighted by Crippen LogP contribution is -2.56. The fourth-order valence-electron chi connectivity index (χ4n) is 4.91. The maximum absolute atomic E-state index is 15.0. The lowest BCUT2D eigenvalue weighted by Gasteiger charge is -2.35. The summed E-state index contributed by atoms with van der Waals surface area (Å²) >= 11 is 6.04. The molecule has 0 spiro atoms. The van der Waals surface area contributed by atoms with Crippen molar-refractivity contribution in [3.05, 3.63) is 131 Å². The molecule has 0 fully saturated rings. The molecule has 0 aliphatic heterocycles. The Bertz CT molecular complexity index is 1740. The second-order valence-electron chi connectivity index (χ2n) is 11.8. The average Bonchev–Trinajstić information content (AvgIpc) is 2.98. The Morgan fingerprint density at radius 3 is 2.09 bits per heavy atom. The first-order valence-electron chi connectivity index (χ1n) is 14.5. The molecule has 1 N–H and O–H groups in total. The van der Waals surface area contributed by atoms with E-state index < -0.39 is 45.8 Å². The number of rotatable bonds is 11. The number of hydrogen-bond acceptors (Lipinski definition) is 4. The standard InChI is InChI=1S/C35H37ClFN3O4S/c1-25-12-8-11-17-31(25)40(45(43,44)29-20-18-28(36)19-21-29)24-33(41)39(23-27-15-9-10-16-30(27)37)32(34(42)38-35(2,3)4)22-26-13-6-5-7-14-26/h5-21,32H,22-24H2,1-4H3,(H,38,42). The highest BCUT2D eigenvalue weighted by Gasteiger charge is 2.36. The third-order valence-electron chi connectivity index (χ3n) is 7.13. The highest BCUT2D eigenvalue weighted by molar-refractivity contribution is 7.92. The minimum Gasteiger partial charge on any atom is -0.350 e. The van der Waals surface area contributed by atoms with Crippen LogP contribution in [0.4, 0.5) is 10.1 Å². The molecule has 4 aromatic rings. The van der Waals surface area contributed by atoms with Gasteiger partial charge in [-0.3, -0.25) is 13.9 Å². The number of nitrogens with zero attached hydrogens (tertiary/aromatic N) is 2. The molecule has 0 saturated carbocycles. The number of benzene rings is 4. The lowest BCUT2D eigenvalue weighted by molar-refractivity contribution is -0.140. The number of sulfonamides is 1. The van der Waals surface area contributed by atoms with Gasteiger partial charge in [-0.2, -0.15) is 0 Å². The van der Waals surface area contributed by atoms with Crippen molar-refractivity contribution in [1.29, 1.82) is 0 Å². The molecule has 1 atom stereocenters. The summed E-state index contributed by atoms with van der Waals surface area (Å²) in [6.07, 6.45) is 0.122. The van der Waals surface area contributed by atoms with Gasteiger partial charge < -0.3 is 10.2 Å². The van der Waals surface area contributed by atoms with E-state index in [-0.39, 0.29) is 23.4 Å². The van der Waals surface area contributed by atoms with E-state index in [0.717, 1.165) is 9.87 Å². The van der Waals surface area contributed by atoms with Crippen LogP contribution < -0.4 is 9.62 Å². The Kier molecular flexibility index (Phi) is 10.7. The molecule has 45 heavy (non-hydrogen) atoms. The summed E-state index contributed by atoms with van der Waals surface area (Å²) in [6.45, 7) is 6.32. The van der Waals surface area contributed by atoms with Crippen LogP contribution in [-0.2, 0) is 32.6 Å². The van der Waals surface area contributed by atoms with Crippen LogP contribution in [0.5, 0.6) is 0 Å². The zero-order valence-electron chi connectivity index (χ0n) is 25.7. The molecule has 0 aromatic heterocycles. The highest BCUT2D eigenvalue weighted by atomic mass is 35.5. The van der Waals surface area contributed by atoms with E-state index in [9.17, 15) is 18.0 Å². The molecule has 0 radical (unpaired) electrons. The van der Waals surface area contributed by atoms with Gasteiger partial charge in [0.25, 0.3) is 10.0 Å². The molecule has 7 nitrogen and oxygen atoms in total. The molecular formula is C35H37ClFN3O4S. The van der Waals surface area contributed by atoms with Crippen molar-refractivity contribution in [2.45, 2.75) is 57.1 Å². The Balaban J connectivity index is 1.84. The van der Waals surface area contributed by atoms with E-state index in [0.29, 0.717) is 16.3 Å². The van der Waals surface area contributed by atoms with Crippen LogP contribution in [0.2, 0.25) is 5.02 Å². The molecule has 0 aliphatic rings. The molecule has 10 heteroatoms. The smallest absolute Gasteiger partial charge is 0.264 e. The summed E-state index contributed by atoms with van der Waals surface area (Å²) in [5, 5.41) is 3.32. The molecule has 2 amide bonds. The van der Waals surface area contributed by atoms with Gasteiger partial charge in [-0.15, -0.1) is 0 Å². The van der Waals surface area contributed by atoms with Gasteiger partial charge in [0.15, 0.2) is 0 Å². The van der Waals surface area contributed by atoms with Gasteiger partial charge in [0.2, 0.25) is 11.8 Å². The summed E-state index contributed by atoms with van der Waals surface area (Å²) in [4.78, 5) is 29.6. The van der Waals surface area contributed by atoms with Gasteiger partial charge in [-0.05, 0) is 75.2 Å². The molecule has 0 saturated heterocycles. The van der Waals surface area contributed by atoms with Crippen LogP contribution in [0.1, 0.15) is 37.5 Å². The Morgan fingerprint density at radius 2 is 1.47 bits per heavy atom. The number of halogens is 2. The second-order valence-corrected chi connectivity index (χ2v) is 14.1. The van der Waals surface area contributed by atoms with Crippen molar-refractivity contribution in [2.75, 3.05) is 10.8 Å². The summed E-state index contributed by atoms with van der Waals surface area (Å²) in [7, 11) is -4.28. The van der Waals surface area contributed by atoms with E-state index in [2.05, 4.69) is 5.32 Å². The third kappa shape index (κ3) is 8.71. The number of carbonyl (C=O) groups excluding carboxylic acids is 2. The van der Waals surface area contributed by atoms with Gasteiger partial charge >= 0.3 is 0 Å². The zero-order valence-corrected chi connectivity index (χ0v) is 27.3.